The lowest BCUT2D eigenvalue weighted by Crippen LogP contribution is -2.50. The summed E-state index contributed by atoms with van der Waals surface area (Å²) in [6.07, 6.45) is 2.04. The van der Waals surface area contributed by atoms with E-state index in [0.29, 0.717) is 18.5 Å². The number of hydrogen-bond donors (Lipinski definition) is 1. The van der Waals surface area contributed by atoms with Gasteiger partial charge < -0.3 is 19.7 Å². The molecule has 162 valence electrons. The Morgan fingerprint density at radius 3 is 2.73 bits per heavy atom. The van der Waals surface area contributed by atoms with E-state index < -0.39 is 0 Å². The second-order valence-corrected chi connectivity index (χ2v) is 7.45. The van der Waals surface area contributed by atoms with E-state index in [2.05, 4.69) is 55.4 Å². The highest BCUT2D eigenvalue weighted by Crippen LogP contribution is 2.24. The second-order valence-electron chi connectivity index (χ2n) is 7.45. The number of halogens is 1. The van der Waals surface area contributed by atoms with Crippen LogP contribution in [0.3, 0.4) is 0 Å². The molecule has 4 rings (SSSR count). The molecule has 1 N–H and O–H groups in total. The van der Waals surface area contributed by atoms with E-state index in [1.54, 1.807) is 7.11 Å². The molecule has 30 heavy (non-hydrogen) atoms. The molecule has 0 amide bonds. The van der Waals surface area contributed by atoms with Gasteiger partial charge in [0.05, 0.1) is 25.9 Å². The van der Waals surface area contributed by atoms with Gasteiger partial charge in [-0.1, -0.05) is 36.4 Å². The summed E-state index contributed by atoms with van der Waals surface area (Å²) in [5.74, 6) is 1.52. The van der Waals surface area contributed by atoms with Gasteiger partial charge in [0.15, 0.2) is 5.96 Å². The number of guanidine groups is 1. The third kappa shape index (κ3) is 5.41. The van der Waals surface area contributed by atoms with E-state index in [1.807, 2.05) is 25.4 Å². The van der Waals surface area contributed by atoms with E-state index in [1.165, 1.54) is 5.56 Å². The highest BCUT2D eigenvalue weighted by molar-refractivity contribution is 14.0. The third-order valence-electron chi connectivity index (χ3n) is 5.61. The molecule has 1 aromatic heterocycles. The Morgan fingerprint density at radius 1 is 1.20 bits per heavy atom. The predicted molar refractivity (Wildman–Crippen MR) is 128 cm³/mol. The number of ether oxygens (including phenoxy) is 2. The van der Waals surface area contributed by atoms with Crippen LogP contribution in [0, 0.1) is 0 Å². The maximum Gasteiger partial charge on any atom is 0.212 e. The van der Waals surface area contributed by atoms with E-state index in [4.69, 9.17) is 9.47 Å². The summed E-state index contributed by atoms with van der Waals surface area (Å²) in [7, 11) is 3.46. The number of benzene rings is 1. The summed E-state index contributed by atoms with van der Waals surface area (Å²) in [5, 5.41) is 3.46. The maximum atomic E-state index is 6.09. The molecule has 2 unspecified atom stereocenters. The van der Waals surface area contributed by atoms with Crippen molar-refractivity contribution in [3.8, 4) is 5.88 Å². The fraction of sp³-hybridized carbons (Fsp3) is 0.455. The van der Waals surface area contributed by atoms with Gasteiger partial charge in [-0.05, 0) is 11.1 Å². The molecule has 8 heteroatoms. The van der Waals surface area contributed by atoms with Gasteiger partial charge in [-0.3, -0.25) is 9.89 Å². The summed E-state index contributed by atoms with van der Waals surface area (Å²) in [6, 6.07) is 14.9. The molecule has 0 bridgehead atoms. The van der Waals surface area contributed by atoms with Crippen molar-refractivity contribution in [2.24, 2.45) is 4.99 Å². The molecule has 1 aromatic carbocycles. The van der Waals surface area contributed by atoms with Crippen molar-refractivity contribution < 1.29 is 9.47 Å². The van der Waals surface area contributed by atoms with Crippen LogP contribution in [0.5, 0.6) is 5.88 Å². The van der Waals surface area contributed by atoms with Crippen LogP contribution in [0.25, 0.3) is 0 Å². The SMILES string of the molecule is CN=C(NCc1ccc(OC)nc1)N1CC2OCCN(Cc3ccccc3)C2C1.I. The van der Waals surface area contributed by atoms with E-state index in [0.717, 1.165) is 44.3 Å². The van der Waals surface area contributed by atoms with Crippen LogP contribution < -0.4 is 10.1 Å². The quantitative estimate of drug-likeness (QED) is 0.369. The highest BCUT2D eigenvalue weighted by Gasteiger charge is 2.41. The molecule has 2 aliphatic rings. The van der Waals surface area contributed by atoms with Gasteiger partial charge in [-0.2, -0.15) is 0 Å². The van der Waals surface area contributed by atoms with Crippen molar-refractivity contribution in [2.45, 2.75) is 25.2 Å². The molecular weight excluding hydrogens is 493 g/mol. The molecule has 2 aromatic rings. The fourth-order valence-electron chi connectivity index (χ4n) is 4.10. The third-order valence-corrected chi connectivity index (χ3v) is 5.61. The van der Waals surface area contributed by atoms with Crippen LogP contribution in [0.4, 0.5) is 0 Å². The van der Waals surface area contributed by atoms with Crippen molar-refractivity contribution in [1.29, 1.82) is 0 Å². The summed E-state index contributed by atoms with van der Waals surface area (Å²) >= 11 is 0. The first-order valence-electron chi connectivity index (χ1n) is 10.1. The topological polar surface area (TPSA) is 62.2 Å². The normalized spacial score (nSPS) is 21.7. The Morgan fingerprint density at radius 2 is 2.03 bits per heavy atom. The van der Waals surface area contributed by atoms with Crippen LogP contribution >= 0.6 is 24.0 Å². The Kier molecular flexibility index (Phi) is 8.29. The Labute approximate surface area is 195 Å². The van der Waals surface area contributed by atoms with Gasteiger partial charge in [0.1, 0.15) is 0 Å². The lowest BCUT2D eigenvalue weighted by atomic mass is 10.1. The lowest BCUT2D eigenvalue weighted by Gasteiger charge is -2.36. The van der Waals surface area contributed by atoms with Gasteiger partial charge in [0.2, 0.25) is 5.88 Å². The molecule has 0 aliphatic carbocycles. The predicted octanol–water partition coefficient (Wildman–Crippen LogP) is 2.37. The average Bonchev–Trinajstić information content (AvgIpc) is 3.20. The Hall–Kier alpha value is -1.91. The van der Waals surface area contributed by atoms with Crippen LogP contribution in [-0.2, 0) is 17.8 Å². The van der Waals surface area contributed by atoms with Crippen LogP contribution in [0.2, 0.25) is 0 Å². The number of nitrogens with zero attached hydrogens (tertiary/aromatic N) is 4. The lowest BCUT2D eigenvalue weighted by molar-refractivity contribution is -0.0502. The highest BCUT2D eigenvalue weighted by atomic mass is 127. The minimum Gasteiger partial charge on any atom is -0.481 e. The summed E-state index contributed by atoms with van der Waals surface area (Å²) in [5.41, 5.74) is 2.44. The number of morpholine rings is 1. The molecule has 0 radical (unpaired) electrons. The van der Waals surface area contributed by atoms with Crippen molar-refractivity contribution in [1.82, 2.24) is 20.1 Å². The molecule has 2 atom stereocenters. The molecule has 2 saturated heterocycles. The number of pyridine rings is 1. The number of aliphatic imine (C=N–C) groups is 1. The first-order chi connectivity index (χ1) is 14.3. The standard InChI is InChI=1S/C22H29N5O2.HI/c1-23-22(25-13-18-8-9-21(28-2)24-12-18)27-15-19-20(16-27)29-11-10-26(19)14-17-6-4-3-5-7-17;/h3-9,12,19-20H,10-11,13-16H2,1-2H3,(H,23,25);1H. The molecule has 2 aliphatic heterocycles. The number of nitrogens with one attached hydrogen (secondary N) is 1. The van der Waals surface area contributed by atoms with E-state index in [9.17, 15) is 0 Å². The Balaban J connectivity index is 0.00000256. The first kappa shape index (κ1) is 22.8. The summed E-state index contributed by atoms with van der Waals surface area (Å²) in [6.45, 7) is 5.15. The zero-order chi connectivity index (χ0) is 20.1. The molecule has 0 spiro atoms. The van der Waals surface area contributed by atoms with E-state index in [-0.39, 0.29) is 30.1 Å². The number of hydrogen-bond acceptors (Lipinski definition) is 5. The number of fused-ring (bicyclic) bond motifs is 1. The summed E-state index contributed by atoms with van der Waals surface area (Å²) in [4.78, 5) is 13.6. The average molecular weight is 523 g/mol. The number of methoxy groups -OCH3 is 1. The number of likely N-dealkylation sites (tertiary alicyclic amines) is 1. The van der Waals surface area contributed by atoms with Crippen molar-refractivity contribution in [3.05, 3.63) is 59.8 Å². The molecule has 3 heterocycles. The van der Waals surface area contributed by atoms with Crippen molar-refractivity contribution in [2.75, 3.05) is 40.4 Å². The Bertz CT molecular complexity index is 818. The summed E-state index contributed by atoms with van der Waals surface area (Å²) < 4.78 is 11.2. The fourth-order valence-corrected chi connectivity index (χ4v) is 4.10. The minimum atomic E-state index is 0. The molecular formula is C22H30IN5O2. The van der Waals surface area contributed by atoms with Gasteiger partial charge >= 0.3 is 0 Å². The second kappa shape index (κ2) is 10.9. The van der Waals surface area contributed by atoms with Gasteiger partial charge in [-0.25, -0.2) is 4.98 Å². The molecule has 2 fully saturated rings. The van der Waals surface area contributed by atoms with Gasteiger partial charge in [-0.15, -0.1) is 24.0 Å². The number of rotatable bonds is 5. The largest absolute Gasteiger partial charge is 0.481 e. The van der Waals surface area contributed by atoms with Gasteiger partial charge in [0, 0.05) is 52.0 Å². The first-order valence-corrected chi connectivity index (χ1v) is 10.1. The van der Waals surface area contributed by atoms with E-state index >= 15 is 0 Å². The van der Waals surface area contributed by atoms with Gasteiger partial charge in [0.25, 0.3) is 0 Å². The molecule has 0 saturated carbocycles. The molecule has 7 nitrogen and oxygen atoms in total. The monoisotopic (exact) mass is 523 g/mol. The maximum absolute atomic E-state index is 6.09. The van der Waals surface area contributed by atoms with Crippen molar-refractivity contribution in [3.63, 3.8) is 0 Å². The van der Waals surface area contributed by atoms with Crippen LogP contribution in [-0.4, -0.2) is 73.3 Å². The van der Waals surface area contributed by atoms with Crippen LogP contribution in [0.15, 0.2) is 53.7 Å². The number of aromatic nitrogens is 1. The zero-order valence-electron chi connectivity index (χ0n) is 17.5. The van der Waals surface area contributed by atoms with Crippen LogP contribution in [0.1, 0.15) is 11.1 Å². The van der Waals surface area contributed by atoms with Crippen molar-refractivity contribution >= 4 is 29.9 Å². The minimum absolute atomic E-state index is 0. The zero-order valence-corrected chi connectivity index (χ0v) is 19.9. The smallest absolute Gasteiger partial charge is 0.212 e.